The third-order valence-electron chi connectivity index (χ3n) is 5.34. The second kappa shape index (κ2) is 8.47. The zero-order valence-corrected chi connectivity index (χ0v) is 18.8. The predicted octanol–water partition coefficient (Wildman–Crippen LogP) is 4.99. The largest absolute Gasteiger partial charge is 0.293 e. The van der Waals surface area contributed by atoms with Crippen LogP contribution in [0, 0.1) is 27.7 Å². The number of hydrogen-bond acceptors (Lipinski definition) is 5. The van der Waals surface area contributed by atoms with Crippen molar-refractivity contribution < 1.29 is 4.79 Å². The van der Waals surface area contributed by atoms with Crippen LogP contribution in [0.5, 0.6) is 0 Å². The van der Waals surface area contributed by atoms with Crippen molar-refractivity contribution in [2.24, 2.45) is 0 Å². The Hall–Kier alpha value is -3.25. The maximum Gasteiger partial charge on any atom is 0.267 e. The van der Waals surface area contributed by atoms with E-state index in [9.17, 15) is 9.59 Å². The number of aryl methyl sites for hydroxylation is 4. The molecular formula is C25H23N3O2S. The van der Waals surface area contributed by atoms with E-state index in [0.29, 0.717) is 27.4 Å². The maximum atomic E-state index is 13.3. The van der Waals surface area contributed by atoms with Crippen LogP contribution in [0.25, 0.3) is 16.7 Å². The molecule has 0 bridgehead atoms. The summed E-state index contributed by atoms with van der Waals surface area (Å²) in [7, 11) is 0. The number of Topliss-reactive ketones (excluding diaryl/α,β-unsaturated/α-hetero) is 1. The first-order valence-corrected chi connectivity index (χ1v) is 11.0. The number of pyridine rings is 1. The predicted molar refractivity (Wildman–Crippen MR) is 126 cm³/mol. The van der Waals surface area contributed by atoms with Crippen LogP contribution in [0.2, 0.25) is 0 Å². The van der Waals surface area contributed by atoms with E-state index in [-0.39, 0.29) is 17.1 Å². The molecule has 0 fully saturated rings. The third kappa shape index (κ3) is 4.16. The highest BCUT2D eigenvalue weighted by Crippen LogP contribution is 2.23. The summed E-state index contributed by atoms with van der Waals surface area (Å²) in [4.78, 5) is 35.4. The Morgan fingerprint density at radius 3 is 2.45 bits per heavy atom. The molecule has 4 rings (SSSR count). The first kappa shape index (κ1) is 21.0. The van der Waals surface area contributed by atoms with Gasteiger partial charge in [-0.15, -0.1) is 0 Å². The lowest BCUT2D eigenvalue weighted by molar-refractivity contribution is 0.102. The van der Waals surface area contributed by atoms with Gasteiger partial charge in [0.05, 0.1) is 16.7 Å². The quantitative estimate of drug-likeness (QED) is 0.254. The van der Waals surface area contributed by atoms with E-state index < -0.39 is 0 Å². The number of fused-ring (bicyclic) bond motifs is 1. The third-order valence-corrected chi connectivity index (χ3v) is 6.28. The van der Waals surface area contributed by atoms with Gasteiger partial charge >= 0.3 is 0 Å². The summed E-state index contributed by atoms with van der Waals surface area (Å²) in [6.07, 6.45) is 1.72. The van der Waals surface area contributed by atoms with Gasteiger partial charge < -0.3 is 0 Å². The normalized spacial score (nSPS) is 11.1. The van der Waals surface area contributed by atoms with Crippen LogP contribution < -0.4 is 5.56 Å². The molecule has 0 radical (unpaired) electrons. The molecule has 31 heavy (non-hydrogen) atoms. The summed E-state index contributed by atoms with van der Waals surface area (Å²) >= 11 is 1.26. The Morgan fingerprint density at radius 2 is 1.71 bits per heavy atom. The molecule has 2 aromatic heterocycles. The topological polar surface area (TPSA) is 64.8 Å². The maximum absolute atomic E-state index is 13.3. The molecule has 4 aromatic rings. The molecule has 0 saturated heterocycles. The molecule has 2 heterocycles. The minimum Gasteiger partial charge on any atom is -0.293 e. The molecule has 0 spiro atoms. The summed E-state index contributed by atoms with van der Waals surface area (Å²) in [5.74, 6) is 0.683. The first-order chi connectivity index (χ1) is 14.8. The SMILES string of the molecule is Cc1ccc(-n2c(SCC(=O)c3cc(C)c(C)cc3C)nc3ccccc3c2=O)nc1. The van der Waals surface area contributed by atoms with E-state index >= 15 is 0 Å². The Labute approximate surface area is 185 Å². The van der Waals surface area contributed by atoms with Crippen molar-refractivity contribution in [3.05, 3.63) is 92.9 Å². The molecule has 0 aliphatic rings. The fraction of sp³-hybridized carbons (Fsp3) is 0.200. The van der Waals surface area contributed by atoms with Gasteiger partial charge in [0.15, 0.2) is 10.9 Å². The highest BCUT2D eigenvalue weighted by molar-refractivity contribution is 7.99. The van der Waals surface area contributed by atoms with Gasteiger partial charge in [0, 0.05) is 11.8 Å². The number of nitrogens with zero attached hydrogens (tertiary/aromatic N) is 3. The number of benzene rings is 2. The lowest BCUT2D eigenvalue weighted by atomic mass is 9.99. The number of para-hydroxylation sites is 1. The van der Waals surface area contributed by atoms with Crippen molar-refractivity contribution >= 4 is 28.4 Å². The van der Waals surface area contributed by atoms with E-state index in [0.717, 1.165) is 22.3 Å². The lowest BCUT2D eigenvalue weighted by Gasteiger charge is -2.13. The fourth-order valence-corrected chi connectivity index (χ4v) is 4.36. The second-order valence-corrected chi connectivity index (χ2v) is 8.65. The molecule has 0 aliphatic carbocycles. The van der Waals surface area contributed by atoms with E-state index in [1.165, 1.54) is 16.3 Å². The average molecular weight is 430 g/mol. The average Bonchev–Trinajstić information content (AvgIpc) is 2.75. The molecule has 0 aliphatic heterocycles. The van der Waals surface area contributed by atoms with Gasteiger partial charge in [-0.05, 0) is 74.2 Å². The lowest BCUT2D eigenvalue weighted by Crippen LogP contribution is -2.23. The summed E-state index contributed by atoms with van der Waals surface area (Å²) in [6, 6.07) is 14.9. The van der Waals surface area contributed by atoms with Crippen LogP contribution in [0.3, 0.4) is 0 Å². The number of thioether (sulfide) groups is 1. The van der Waals surface area contributed by atoms with Crippen LogP contribution in [-0.2, 0) is 0 Å². The van der Waals surface area contributed by atoms with Crippen LogP contribution in [0.15, 0.2) is 64.7 Å². The smallest absolute Gasteiger partial charge is 0.267 e. The molecule has 0 N–H and O–H groups in total. The van der Waals surface area contributed by atoms with Crippen molar-refractivity contribution in [1.29, 1.82) is 0 Å². The van der Waals surface area contributed by atoms with Crippen molar-refractivity contribution in [2.75, 3.05) is 5.75 Å². The van der Waals surface area contributed by atoms with E-state index in [1.54, 1.807) is 18.3 Å². The van der Waals surface area contributed by atoms with Crippen LogP contribution in [0.1, 0.15) is 32.6 Å². The zero-order valence-electron chi connectivity index (χ0n) is 18.0. The van der Waals surface area contributed by atoms with E-state index in [4.69, 9.17) is 0 Å². The molecule has 0 saturated carbocycles. The highest BCUT2D eigenvalue weighted by Gasteiger charge is 2.17. The number of carbonyl (C=O) groups excluding carboxylic acids is 1. The Morgan fingerprint density at radius 1 is 0.968 bits per heavy atom. The molecular weight excluding hydrogens is 406 g/mol. The number of carbonyl (C=O) groups is 1. The molecule has 5 nitrogen and oxygen atoms in total. The van der Waals surface area contributed by atoms with Crippen LogP contribution in [0.4, 0.5) is 0 Å². The number of hydrogen-bond donors (Lipinski definition) is 0. The van der Waals surface area contributed by atoms with Gasteiger partial charge in [0.1, 0.15) is 5.82 Å². The summed E-state index contributed by atoms with van der Waals surface area (Å²) < 4.78 is 1.49. The summed E-state index contributed by atoms with van der Waals surface area (Å²) in [6.45, 7) is 7.94. The van der Waals surface area contributed by atoms with Crippen molar-refractivity contribution in [3.8, 4) is 5.82 Å². The van der Waals surface area contributed by atoms with Crippen molar-refractivity contribution in [2.45, 2.75) is 32.9 Å². The number of ketones is 1. The second-order valence-electron chi connectivity index (χ2n) is 7.71. The standard InChI is InChI=1S/C25H23N3O2S/c1-15-9-10-23(26-13-15)28-24(30)19-7-5-6-8-21(19)27-25(28)31-14-22(29)20-12-17(3)16(2)11-18(20)4/h5-13H,14H2,1-4H3. The van der Waals surface area contributed by atoms with Gasteiger partial charge in [-0.2, -0.15) is 0 Å². The number of rotatable bonds is 5. The van der Waals surface area contributed by atoms with Crippen LogP contribution in [-0.4, -0.2) is 26.1 Å². The molecule has 6 heteroatoms. The highest BCUT2D eigenvalue weighted by atomic mass is 32.2. The molecule has 2 aromatic carbocycles. The molecule has 0 atom stereocenters. The Kier molecular flexibility index (Phi) is 5.74. The van der Waals surface area contributed by atoms with Crippen molar-refractivity contribution in [3.63, 3.8) is 0 Å². The summed E-state index contributed by atoms with van der Waals surface area (Å²) in [5, 5.41) is 0.973. The zero-order chi connectivity index (χ0) is 22.1. The minimum absolute atomic E-state index is 0.0106. The van der Waals surface area contributed by atoms with Crippen molar-refractivity contribution in [1.82, 2.24) is 14.5 Å². The van der Waals surface area contributed by atoms with Gasteiger partial charge in [0.2, 0.25) is 0 Å². The molecule has 0 unspecified atom stereocenters. The van der Waals surface area contributed by atoms with Gasteiger partial charge in [-0.3, -0.25) is 9.59 Å². The van der Waals surface area contributed by atoms with E-state index in [1.807, 2.05) is 64.1 Å². The molecule has 0 amide bonds. The van der Waals surface area contributed by atoms with Crippen LogP contribution >= 0.6 is 11.8 Å². The first-order valence-electron chi connectivity index (χ1n) is 10.0. The Bertz CT molecular complexity index is 1360. The van der Waals surface area contributed by atoms with Gasteiger partial charge in [-0.1, -0.05) is 36.0 Å². The van der Waals surface area contributed by atoms with E-state index in [2.05, 4.69) is 9.97 Å². The van der Waals surface area contributed by atoms with Gasteiger partial charge in [-0.25, -0.2) is 14.5 Å². The minimum atomic E-state index is -0.195. The monoisotopic (exact) mass is 429 g/mol. The fourth-order valence-electron chi connectivity index (χ4n) is 3.47. The molecule has 156 valence electrons. The van der Waals surface area contributed by atoms with Gasteiger partial charge in [0.25, 0.3) is 5.56 Å². The number of aromatic nitrogens is 3. The Balaban J connectivity index is 1.75. The summed E-state index contributed by atoms with van der Waals surface area (Å²) in [5.41, 5.74) is 5.32.